The van der Waals surface area contributed by atoms with Crippen LogP contribution in [0.5, 0.6) is 0 Å². The lowest BCUT2D eigenvalue weighted by molar-refractivity contribution is 0.112. The number of carbonyl (C=O) groups is 1. The molecule has 0 atom stereocenters. The molecule has 0 spiro atoms. The second-order valence-electron chi connectivity index (χ2n) is 5.35. The third-order valence-electron chi connectivity index (χ3n) is 3.55. The van der Waals surface area contributed by atoms with E-state index < -0.39 is 0 Å². The first kappa shape index (κ1) is 20.9. The molecule has 1 heterocycles. The Morgan fingerprint density at radius 3 is 2.54 bits per heavy atom. The van der Waals surface area contributed by atoms with Gasteiger partial charge in [0.1, 0.15) is 11.4 Å². The van der Waals surface area contributed by atoms with Crippen molar-refractivity contribution < 1.29 is 4.79 Å². The Morgan fingerprint density at radius 2 is 1.86 bits per heavy atom. The van der Waals surface area contributed by atoms with Crippen LogP contribution < -0.4 is 11.5 Å². The lowest BCUT2D eigenvalue weighted by atomic mass is 10.1. The summed E-state index contributed by atoms with van der Waals surface area (Å²) in [5.74, 6) is 5.64. The van der Waals surface area contributed by atoms with Gasteiger partial charge in [-0.15, -0.1) is 0 Å². The Morgan fingerprint density at radius 1 is 1.11 bits per heavy atom. The molecule has 28 heavy (non-hydrogen) atoms. The Kier molecular flexibility index (Phi) is 7.97. The number of nitrogens with one attached hydrogen (secondary N) is 1. The molecule has 0 radical (unpaired) electrons. The van der Waals surface area contributed by atoms with E-state index in [0.29, 0.717) is 22.5 Å². The highest BCUT2D eigenvalue weighted by atomic mass is 32.2. The summed E-state index contributed by atoms with van der Waals surface area (Å²) in [6.45, 7) is 0. The van der Waals surface area contributed by atoms with Gasteiger partial charge in [0.2, 0.25) is 0 Å². The van der Waals surface area contributed by atoms with E-state index >= 15 is 0 Å². The Labute approximate surface area is 168 Å². The Hall–Kier alpha value is -3.40. The third kappa shape index (κ3) is 5.55. The van der Waals surface area contributed by atoms with E-state index in [2.05, 4.69) is 22.6 Å². The molecule has 0 bridgehead atoms. The van der Waals surface area contributed by atoms with Crippen LogP contribution in [0.15, 0.2) is 76.7 Å². The number of pyridine rings is 1. The summed E-state index contributed by atoms with van der Waals surface area (Å²) in [5, 5.41) is 8.14. The SMILES string of the molecule is CN.N=C(C#Cc1ccccn1)c1ccc(Sc2ccccc2C=O)cc1N. The van der Waals surface area contributed by atoms with Gasteiger partial charge in [-0.05, 0) is 55.3 Å². The molecule has 5 N–H and O–H groups in total. The fourth-order valence-electron chi connectivity index (χ4n) is 2.26. The van der Waals surface area contributed by atoms with E-state index in [1.807, 2.05) is 36.4 Å². The summed E-state index contributed by atoms with van der Waals surface area (Å²) in [7, 11) is 1.50. The first-order valence-electron chi connectivity index (χ1n) is 8.38. The number of benzene rings is 2. The largest absolute Gasteiger partial charge is 0.398 e. The summed E-state index contributed by atoms with van der Waals surface area (Å²) < 4.78 is 0. The number of hydrogen-bond donors (Lipinski definition) is 3. The number of aromatic nitrogens is 1. The predicted octanol–water partition coefficient (Wildman–Crippen LogP) is 3.62. The van der Waals surface area contributed by atoms with Gasteiger partial charge in [-0.1, -0.05) is 36.0 Å². The van der Waals surface area contributed by atoms with E-state index in [9.17, 15) is 4.79 Å². The van der Waals surface area contributed by atoms with E-state index in [1.54, 1.807) is 30.5 Å². The highest BCUT2D eigenvalue weighted by molar-refractivity contribution is 7.99. The van der Waals surface area contributed by atoms with Crippen molar-refractivity contribution in [2.75, 3.05) is 12.8 Å². The molecule has 0 amide bonds. The smallest absolute Gasteiger partial charge is 0.151 e. The summed E-state index contributed by atoms with van der Waals surface area (Å²) >= 11 is 1.46. The molecule has 0 saturated carbocycles. The van der Waals surface area contributed by atoms with Crippen LogP contribution in [0.25, 0.3) is 0 Å². The molecule has 0 aliphatic carbocycles. The molecule has 5 nitrogen and oxygen atoms in total. The van der Waals surface area contributed by atoms with E-state index in [4.69, 9.17) is 11.1 Å². The fraction of sp³-hybridized carbons (Fsp3) is 0.0455. The number of nitrogens with two attached hydrogens (primary N) is 2. The molecule has 2 aromatic carbocycles. The predicted molar refractivity (Wildman–Crippen MR) is 115 cm³/mol. The number of nitrogens with zero attached hydrogens (tertiary/aromatic N) is 1. The molecule has 0 aliphatic heterocycles. The highest BCUT2D eigenvalue weighted by Gasteiger charge is 2.08. The monoisotopic (exact) mass is 388 g/mol. The number of hydrogen-bond acceptors (Lipinski definition) is 6. The highest BCUT2D eigenvalue weighted by Crippen LogP contribution is 2.31. The third-order valence-corrected chi connectivity index (χ3v) is 4.63. The molecule has 0 aliphatic rings. The van der Waals surface area contributed by atoms with Gasteiger partial charge in [-0.3, -0.25) is 10.2 Å². The maximum atomic E-state index is 11.1. The second-order valence-corrected chi connectivity index (χ2v) is 6.46. The van der Waals surface area contributed by atoms with Gasteiger partial charge in [0, 0.05) is 32.8 Å². The maximum Gasteiger partial charge on any atom is 0.151 e. The molecule has 0 saturated heterocycles. The second kappa shape index (κ2) is 10.7. The van der Waals surface area contributed by atoms with Crippen LogP contribution in [0.4, 0.5) is 5.69 Å². The zero-order chi connectivity index (χ0) is 20.4. The molecule has 0 unspecified atom stereocenters. The lowest BCUT2D eigenvalue weighted by Gasteiger charge is -2.08. The zero-order valence-corrected chi connectivity index (χ0v) is 16.2. The Bertz CT molecular complexity index is 1020. The molecule has 6 heteroatoms. The number of anilines is 1. The minimum absolute atomic E-state index is 0.137. The van der Waals surface area contributed by atoms with Crippen molar-refractivity contribution in [1.82, 2.24) is 4.98 Å². The van der Waals surface area contributed by atoms with E-state index in [1.165, 1.54) is 18.8 Å². The van der Waals surface area contributed by atoms with Gasteiger partial charge in [0.25, 0.3) is 0 Å². The van der Waals surface area contributed by atoms with Crippen LogP contribution in [0.1, 0.15) is 21.6 Å². The van der Waals surface area contributed by atoms with Crippen molar-refractivity contribution in [2.45, 2.75) is 9.79 Å². The molecular weight excluding hydrogens is 368 g/mol. The van der Waals surface area contributed by atoms with Crippen LogP contribution in [0.2, 0.25) is 0 Å². The number of nitrogen functional groups attached to an aromatic ring is 1. The summed E-state index contributed by atoms with van der Waals surface area (Å²) in [6, 6.07) is 18.3. The summed E-state index contributed by atoms with van der Waals surface area (Å²) in [4.78, 5) is 17.0. The quantitative estimate of drug-likeness (QED) is 0.274. The normalized spacial score (nSPS) is 9.36. The van der Waals surface area contributed by atoms with Crippen molar-refractivity contribution in [2.24, 2.45) is 5.73 Å². The zero-order valence-electron chi connectivity index (χ0n) is 15.3. The van der Waals surface area contributed by atoms with Crippen LogP contribution in [0.3, 0.4) is 0 Å². The molecule has 3 aromatic rings. The maximum absolute atomic E-state index is 11.1. The molecule has 140 valence electrons. The summed E-state index contributed by atoms with van der Waals surface area (Å²) in [6.07, 6.45) is 2.49. The van der Waals surface area contributed by atoms with Gasteiger partial charge in [-0.25, -0.2) is 4.98 Å². The van der Waals surface area contributed by atoms with Gasteiger partial charge in [0.15, 0.2) is 6.29 Å². The standard InChI is InChI=1S/C21H15N3OS.CH5N/c22-19(11-8-16-6-3-4-12-24-16)18-10-9-17(13-20(18)23)26-21-7-2-1-5-15(21)14-25;1-2/h1-7,9-10,12-14,22H,23H2;2H2,1H3. The van der Waals surface area contributed by atoms with Crippen molar-refractivity contribution in [3.05, 3.63) is 83.7 Å². The van der Waals surface area contributed by atoms with Crippen molar-refractivity contribution in [3.63, 3.8) is 0 Å². The van der Waals surface area contributed by atoms with Crippen LogP contribution in [-0.4, -0.2) is 24.0 Å². The number of aldehydes is 1. The minimum Gasteiger partial charge on any atom is -0.398 e. The van der Waals surface area contributed by atoms with Crippen molar-refractivity contribution >= 4 is 29.4 Å². The first-order valence-corrected chi connectivity index (χ1v) is 9.20. The number of carbonyl (C=O) groups excluding carboxylic acids is 1. The van der Waals surface area contributed by atoms with Gasteiger partial charge in [-0.2, -0.15) is 0 Å². The van der Waals surface area contributed by atoms with Gasteiger partial charge < -0.3 is 11.5 Å². The van der Waals surface area contributed by atoms with E-state index in [0.717, 1.165) is 16.1 Å². The average molecular weight is 388 g/mol. The first-order chi connectivity index (χ1) is 13.7. The molecule has 1 aromatic heterocycles. The minimum atomic E-state index is 0.137. The fourth-order valence-corrected chi connectivity index (χ4v) is 3.22. The van der Waals surface area contributed by atoms with Crippen LogP contribution in [-0.2, 0) is 0 Å². The molecule has 0 fully saturated rings. The summed E-state index contributed by atoms with van der Waals surface area (Å²) in [5.41, 5.74) is 13.0. The molecular formula is C22H20N4OS. The van der Waals surface area contributed by atoms with Gasteiger partial charge >= 0.3 is 0 Å². The van der Waals surface area contributed by atoms with Crippen LogP contribution >= 0.6 is 11.8 Å². The average Bonchev–Trinajstić information content (AvgIpc) is 2.75. The molecule has 3 rings (SSSR count). The van der Waals surface area contributed by atoms with E-state index in [-0.39, 0.29) is 5.71 Å². The van der Waals surface area contributed by atoms with Crippen molar-refractivity contribution in [1.29, 1.82) is 5.41 Å². The lowest BCUT2D eigenvalue weighted by Crippen LogP contribution is -2.01. The number of rotatable bonds is 4. The van der Waals surface area contributed by atoms with Crippen LogP contribution in [0, 0.1) is 17.3 Å². The van der Waals surface area contributed by atoms with Gasteiger partial charge in [0.05, 0.1) is 0 Å². The Balaban J connectivity index is 0.00000136. The van der Waals surface area contributed by atoms with Crippen molar-refractivity contribution in [3.8, 4) is 11.8 Å². The topological polar surface area (TPSA) is 106 Å².